The number of ether oxygens (including phenoxy) is 1. The molecule has 1 amide bonds. The first-order chi connectivity index (χ1) is 9.08. The zero-order valence-electron chi connectivity index (χ0n) is 11.4. The largest absolute Gasteiger partial charge is 0.494 e. The quantitative estimate of drug-likeness (QED) is 0.604. The lowest BCUT2D eigenvalue weighted by Crippen LogP contribution is -2.24. The van der Waals surface area contributed by atoms with Crippen molar-refractivity contribution in [1.82, 2.24) is 4.90 Å². The van der Waals surface area contributed by atoms with E-state index in [2.05, 4.69) is 0 Å². The SMILES string of the molecule is CC=CC=CC(=O)N(C)Cc1ccc(OC)c(F)c1. The van der Waals surface area contributed by atoms with Gasteiger partial charge in [0.1, 0.15) is 0 Å². The molecule has 0 spiro atoms. The number of nitrogens with zero attached hydrogens (tertiary/aromatic N) is 1. The van der Waals surface area contributed by atoms with Crippen LogP contribution in [0.1, 0.15) is 12.5 Å². The molecule has 0 aromatic heterocycles. The molecule has 1 aromatic rings. The van der Waals surface area contributed by atoms with Crippen LogP contribution in [0.3, 0.4) is 0 Å². The van der Waals surface area contributed by atoms with Crippen molar-refractivity contribution in [2.75, 3.05) is 14.2 Å². The number of carbonyl (C=O) groups is 1. The first-order valence-corrected chi connectivity index (χ1v) is 5.95. The van der Waals surface area contributed by atoms with Crippen molar-refractivity contribution >= 4 is 5.91 Å². The van der Waals surface area contributed by atoms with Crippen molar-refractivity contribution < 1.29 is 13.9 Å². The van der Waals surface area contributed by atoms with E-state index in [1.54, 1.807) is 31.3 Å². The number of hydrogen-bond acceptors (Lipinski definition) is 2. The number of halogens is 1. The molecule has 0 heterocycles. The van der Waals surface area contributed by atoms with Gasteiger partial charge in [-0.3, -0.25) is 4.79 Å². The number of hydrogen-bond donors (Lipinski definition) is 0. The van der Waals surface area contributed by atoms with E-state index in [-0.39, 0.29) is 11.7 Å². The van der Waals surface area contributed by atoms with Gasteiger partial charge in [-0.15, -0.1) is 0 Å². The molecule has 0 unspecified atom stereocenters. The second kappa shape index (κ2) is 7.36. The molecule has 0 aliphatic carbocycles. The van der Waals surface area contributed by atoms with Crippen LogP contribution in [-0.2, 0) is 11.3 Å². The minimum Gasteiger partial charge on any atom is -0.494 e. The lowest BCUT2D eigenvalue weighted by molar-refractivity contribution is -0.125. The Balaban J connectivity index is 2.68. The van der Waals surface area contributed by atoms with Gasteiger partial charge in [-0.2, -0.15) is 0 Å². The normalized spacial score (nSPS) is 11.2. The third-order valence-corrected chi connectivity index (χ3v) is 2.55. The highest BCUT2D eigenvalue weighted by molar-refractivity contribution is 5.87. The van der Waals surface area contributed by atoms with E-state index in [4.69, 9.17) is 4.74 Å². The van der Waals surface area contributed by atoms with Gasteiger partial charge in [-0.25, -0.2) is 4.39 Å². The Kier molecular flexibility index (Phi) is 5.79. The Hall–Kier alpha value is -2.10. The molecule has 0 saturated carbocycles. The highest BCUT2D eigenvalue weighted by Crippen LogP contribution is 2.18. The fourth-order valence-electron chi connectivity index (χ4n) is 1.54. The van der Waals surface area contributed by atoms with E-state index < -0.39 is 5.82 Å². The Morgan fingerprint density at radius 2 is 2.16 bits per heavy atom. The summed E-state index contributed by atoms with van der Waals surface area (Å²) in [5.41, 5.74) is 0.716. The summed E-state index contributed by atoms with van der Waals surface area (Å²) in [6.07, 6.45) is 6.76. The van der Waals surface area contributed by atoms with Crippen LogP contribution in [0.2, 0.25) is 0 Å². The van der Waals surface area contributed by atoms with Crippen molar-refractivity contribution in [3.63, 3.8) is 0 Å². The molecule has 1 rings (SSSR count). The predicted molar refractivity (Wildman–Crippen MR) is 73.4 cm³/mol. The fourth-order valence-corrected chi connectivity index (χ4v) is 1.54. The molecule has 0 N–H and O–H groups in total. The molecule has 0 aliphatic heterocycles. The van der Waals surface area contributed by atoms with Gasteiger partial charge in [0.2, 0.25) is 5.91 Å². The van der Waals surface area contributed by atoms with Crippen molar-refractivity contribution in [2.24, 2.45) is 0 Å². The number of carbonyl (C=O) groups excluding carboxylic acids is 1. The summed E-state index contributed by atoms with van der Waals surface area (Å²) in [5, 5.41) is 0. The molecular formula is C15H18FNO2. The number of amides is 1. The Morgan fingerprint density at radius 1 is 1.42 bits per heavy atom. The molecule has 0 saturated heterocycles. The molecule has 4 heteroatoms. The Labute approximate surface area is 113 Å². The molecule has 0 fully saturated rings. The maximum absolute atomic E-state index is 13.5. The zero-order chi connectivity index (χ0) is 14.3. The standard InChI is InChI=1S/C15H18FNO2/c1-4-5-6-7-15(18)17(2)11-12-8-9-14(19-3)13(16)10-12/h4-10H,11H2,1-3H3. The number of allylic oxidation sites excluding steroid dienone is 3. The average molecular weight is 263 g/mol. The summed E-state index contributed by atoms with van der Waals surface area (Å²) in [7, 11) is 3.09. The van der Waals surface area contributed by atoms with E-state index in [1.807, 2.05) is 13.0 Å². The Bertz CT molecular complexity index is 495. The van der Waals surface area contributed by atoms with Crippen molar-refractivity contribution in [1.29, 1.82) is 0 Å². The van der Waals surface area contributed by atoms with Gasteiger partial charge >= 0.3 is 0 Å². The van der Waals surface area contributed by atoms with E-state index in [0.29, 0.717) is 12.1 Å². The lowest BCUT2D eigenvalue weighted by atomic mass is 10.2. The number of likely N-dealkylation sites (N-methyl/N-ethyl adjacent to an activating group) is 1. The predicted octanol–water partition coefficient (Wildman–Crippen LogP) is 2.93. The van der Waals surface area contributed by atoms with Gasteiger partial charge in [-0.05, 0) is 24.6 Å². The van der Waals surface area contributed by atoms with Crippen LogP contribution in [0.5, 0.6) is 5.75 Å². The first kappa shape index (κ1) is 15.0. The zero-order valence-corrected chi connectivity index (χ0v) is 11.4. The molecule has 102 valence electrons. The van der Waals surface area contributed by atoms with Gasteiger partial charge in [0.15, 0.2) is 11.6 Å². The summed E-state index contributed by atoms with van der Waals surface area (Å²) < 4.78 is 18.3. The topological polar surface area (TPSA) is 29.5 Å². The monoisotopic (exact) mass is 263 g/mol. The van der Waals surface area contributed by atoms with Crippen LogP contribution in [-0.4, -0.2) is 25.0 Å². The van der Waals surface area contributed by atoms with Gasteiger partial charge in [0.25, 0.3) is 0 Å². The van der Waals surface area contributed by atoms with Gasteiger partial charge < -0.3 is 9.64 Å². The Morgan fingerprint density at radius 3 is 2.74 bits per heavy atom. The summed E-state index contributed by atoms with van der Waals surface area (Å²) in [6, 6.07) is 4.66. The summed E-state index contributed by atoms with van der Waals surface area (Å²) in [5.74, 6) is -0.356. The minimum absolute atomic E-state index is 0.130. The maximum Gasteiger partial charge on any atom is 0.246 e. The smallest absolute Gasteiger partial charge is 0.246 e. The first-order valence-electron chi connectivity index (χ1n) is 5.95. The van der Waals surface area contributed by atoms with E-state index >= 15 is 0 Å². The van der Waals surface area contributed by atoms with Crippen LogP contribution < -0.4 is 4.74 Å². The van der Waals surface area contributed by atoms with Gasteiger partial charge in [0, 0.05) is 19.7 Å². The van der Waals surface area contributed by atoms with E-state index in [1.165, 1.54) is 24.2 Å². The lowest BCUT2D eigenvalue weighted by Gasteiger charge is -2.15. The number of benzene rings is 1. The van der Waals surface area contributed by atoms with Crippen LogP contribution >= 0.6 is 0 Å². The molecule has 3 nitrogen and oxygen atoms in total. The molecule has 0 radical (unpaired) electrons. The molecule has 0 aliphatic rings. The summed E-state index contributed by atoms with van der Waals surface area (Å²) in [4.78, 5) is 13.2. The molecule has 1 aromatic carbocycles. The van der Waals surface area contributed by atoms with Crippen LogP contribution in [0.4, 0.5) is 4.39 Å². The fraction of sp³-hybridized carbons (Fsp3) is 0.267. The molecule has 19 heavy (non-hydrogen) atoms. The van der Waals surface area contributed by atoms with E-state index in [0.717, 1.165) is 0 Å². The van der Waals surface area contributed by atoms with Crippen molar-refractivity contribution in [3.05, 3.63) is 53.9 Å². The van der Waals surface area contributed by atoms with Crippen LogP contribution in [0, 0.1) is 5.82 Å². The number of methoxy groups -OCH3 is 1. The summed E-state index contributed by atoms with van der Waals surface area (Å²) in [6.45, 7) is 2.22. The second-order valence-electron chi connectivity index (χ2n) is 4.05. The van der Waals surface area contributed by atoms with Crippen LogP contribution in [0.15, 0.2) is 42.5 Å². The molecule has 0 bridgehead atoms. The van der Waals surface area contributed by atoms with Crippen molar-refractivity contribution in [2.45, 2.75) is 13.5 Å². The molecule has 0 atom stereocenters. The van der Waals surface area contributed by atoms with Gasteiger partial charge in [0.05, 0.1) is 7.11 Å². The molecular weight excluding hydrogens is 245 g/mol. The van der Waals surface area contributed by atoms with Crippen molar-refractivity contribution in [3.8, 4) is 5.75 Å². The third kappa shape index (κ3) is 4.58. The third-order valence-electron chi connectivity index (χ3n) is 2.55. The number of rotatable bonds is 5. The summed E-state index contributed by atoms with van der Waals surface area (Å²) >= 11 is 0. The highest BCUT2D eigenvalue weighted by Gasteiger charge is 2.08. The average Bonchev–Trinajstić information content (AvgIpc) is 2.39. The van der Waals surface area contributed by atoms with Gasteiger partial charge in [-0.1, -0.05) is 24.3 Å². The maximum atomic E-state index is 13.5. The van der Waals surface area contributed by atoms with Crippen LogP contribution in [0.25, 0.3) is 0 Å². The second-order valence-corrected chi connectivity index (χ2v) is 4.05. The highest BCUT2D eigenvalue weighted by atomic mass is 19.1. The minimum atomic E-state index is -0.426. The van der Waals surface area contributed by atoms with E-state index in [9.17, 15) is 9.18 Å².